The van der Waals surface area contributed by atoms with E-state index in [2.05, 4.69) is 10.3 Å². The molecule has 0 spiro atoms. The minimum absolute atomic E-state index is 0.240. The Hall–Kier alpha value is -2.26. The van der Waals surface area contributed by atoms with E-state index in [-0.39, 0.29) is 5.69 Å². The SMILES string of the molecule is C[C@@H](SCc1csc(-c2ccco2)n1)C(=O)Nc1ccccc1C(F)(F)F. The van der Waals surface area contributed by atoms with Crippen molar-refractivity contribution in [3.8, 4) is 10.8 Å². The van der Waals surface area contributed by atoms with E-state index in [4.69, 9.17) is 4.42 Å². The lowest BCUT2D eigenvalue weighted by Gasteiger charge is -2.16. The van der Waals surface area contributed by atoms with E-state index in [0.717, 1.165) is 16.8 Å². The number of amides is 1. The highest BCUT2D eigenvalue weighted by molar-refractivity contribution is 7.99. The molecule has 2 aromatic heterocycles. The molecule has 0 aliphatic carbocycles. The molecule has 3 aromatic rings. The van der Waals surface area contributed by atoms with Gasteiger partial charge in [-0.2, -0.15) is 13.2 Å². The molecule has 3 rings (SSSR count). The van der Waals surface area contributed by atoms with E-state index < -0.39 is 22.9 Å². The first kappa shape index (κ1) is 19.5. The summed E-state index contributed by atoms with van der Waals surface area (Å²) in [6.45, 7) is 1.65. The number of thiazole rings is 1. The Kier molecular flexibility index (Phi) is 5.91. The van der Waals surface area contributed by atoms with Crippen LogP contribution < -0.4 is 5.32 Å². The van der Waals surface area contributed by atoms with Gasteiger partial charge in [0.25, 0.3) is 0 Å². The molecule has 0 saturated heterocycles. The first-order chi connectivity index (χ1) is 12.8. The van der Waals surface area contributed by atoms with Crippen molar-refractivity contribution in [3.05, 3.63) is 59.3 Å². The summed E-state index contributed by atoms with van der Waals surface area (Å²) in [6.07, 6.45) is -2.96. The van der Waals surface area contributed by atoms with Crippen LogP contribution in [0.15, 0.2) is 52.5 Å². The van der Waals surface area contributed by atoms with E-state index in [9.17, 15) is 18.0 Å². The zero-order valence-electron chi connectivity index (χ0n) is 14.1. The Morgan fingerprint density at radius 1 is 1.30 bits per heavy atom. The Balaban J connectivity index is 1.59. The van der Waals surface area contributed by atoms with Gasteiger partial charge in [0.05, 0.1) is 28.5 Å². The first-order valence-corrected chi connectivity index (χ1v) is 9.84. The zero-order valence-corrected chi connectivity index (χ0v) is 15.8. The fourth-order valence-corrected chi connectivity index (χ4v) is 3.92. The normalized spacial score (nSPS) is 12.7. The maximum absolute atomic E-state index is 13.0. The fourth-order valence-electron chi connectivity index (χ4n) is 2.25. The monoisotopic (exact) mass is 412 g/mol. The lowest BCUT2D eigenvalue weighted by Crippen LogP contribution is -2.24. The average molecular weight is 412 g/mol. The van der Waals surface area contributed by atoms with Crippen molar-refractivity contribution in [2.45, 2.75) is 24.1 Å². The molecular weight excluding hydrogens is 397 g/mol. The minimum atomic E-state index is -4.52. The number of nitrogens with one attached hydrogen (secondary N) is 1. The minimum Gasteiger partial charge on any atom is -0.462 e. The molecule has 142 valence electrons. The molecular formula is C18H15F3N2O2S2. The van der Waals surface area contributed by atoms with Crippen molar-refractivity contribution in [2.24, 2.45) is 0 Å². The van der Waals surface area contributed by atoms with Crippen molar-refractivity contribution < 1.29 is 22.4 Å². The molecule has 1 aromatic carbocycles. The van der Waals surface area contributed by atoms with Gasteiger partial charge in [-0.25, -0.2) is 4.98 Å². The van der Waals surface area contributed by atoms with Gasteiger partial charge < -0.3 is 9.73 Å². The summed E-state index contributed by atoms with van der Waals surface area (Å²) in [6, 6.07) is 8.51. The molecule has 0 saturated carbocycles. The van der Waals surface area contributed by atoms with Gasteiger partial charge in [0.1, 0.15) is 0 Å². The topological polar surface area (TPSA) is 55.1 Å². The molecule has 0 aliphatic rings. The van der Waals surface area contributed by atoms with Crippen molar-refractivity contribution in [1.82, 2.24) is 4.98 Å². The maximum atomic E-state index is 13.0. The number of benzene rings is 1. The van der Waals surface area contributed by atoms with Crippen LogP contribution in [-0.2, 0) is 16.7 Å². The highest BCUT2D eigenvalue weighted by Crippen LogP contribution is 2.35. The maximum Gasteiger partial charge on any atom is 0.418 e. The second-order valence-corrected chi connectivity index (χ2v) is 7.79. The van der Waals surface area contributed by atoms with Gasteiger partial charge in [0.2, 0.25) is 5.91 Å². The molecule has 0 aliphatic heterocycles. The van der Waals surface area contributed by atoms with Crippen LogP contribution >= 0.6 is 23.1 Å². The molecule has 27 heavy (non-hydrogen) atoms. The Morgan fingerprint density at radius 2 is 2.07 bits per heavy atom. The van der Waals surface area contributed by atoms with Gasteiger partial charge in [0.15, 0.2) is 10.8 Å². The largest absolute Gasteiger partial charge is 0.462 e. The van der Waals surface area contributed by atoms with Crippen LogP contribution in [0.1, 0.15) is 18.2 Å². The number of hydrogen-bond acceptors (Lipinski definition) is 5. The van der Waals surface area contributed by atoms with Crippen molar-refractivity contribution in [1.29, 1.82) is 0 Å². The number of furan rings is 1. The number of para-hydroxylation sites is 1. The number of rotatable bonds is 6. The fraction of sp³-hybridized carbons (Fsp3) is 0.222. The average Bonchev–Trinajstić information content (AvgIpc) is 3.30. The summed E-state index contributed by atoms with van der Waals surface area (Å²) in [7, 11) is 0. The standard InChI is InChI=1S/C18H15F3N2O2S2/c1-11(16(24)23-14-6-3-2-5-13(14)18(19,20)21)26-9-12-10-27-17(22-12)15-7-4-8-25-15/h2-8,10-11H,9H2,1H3,(H,23,24)/t11-/m1/s1. The van der Waals surface area contributed by atoms with Crippen LogP contribution in [0.4, 0.5) is 18.9 Å². The lowest BCUT2D eigenvalue weighted by atomic mass is 10.1. The number of aromatic nitrogens is 1. The van der Waals surface area contributed by atoms with Crippen LogP contribution in [0.25, 0.3) is 10.8 Å². The Bertz CT molecular complexity index is 907. The number of carbonyl (C=O) groups excluding carboxylic acids is 1. The number of alkyl halides is 3. The van der Waals surface area contributed by atoms with Gasteiger partial charge in [-0.1, -0.05) is 12.1 Å². The van der Waals surface area contributed by atoms with Gasteiger partial charge in [-0.3, -0.25) is 4.79 Å². The summed E-state index contributed by atoms with van der Waals surface area (Å²) >= 11 is 2.73. The van der Waals surface area contributed by atoms with Crippen molar-refractivity contribution in [3.63, 3.8) is 0 Å². The summed E-state index contributed by atoms with van der Waals surface area (Å²) in [4.78, 5) is 16.7. The van der Waals surface area contributed by atoms with E-state index in [1.54, 1.807) is 19.3 Å². The summed E-state index contributed by atoms with van der Waals surface area (Å²) in [5, 5.41) is 4.44. The molecule has 0 fully saturated rings. The van der Waals surface area contributed by atoms with Crippen LogP contribution in [0.5, 0.6) is 0 Å². The van der Waals surface area contributed by atoms with Crippen LogP contribution in [0.3, 0.4) is 0 Å². The molecule has 0 radical (unpaired) electrons. The highest BCUT2D eigenvalue weighted by atomic mass is 32.2. The molecule has 1 N–H and O–H groups in total. The molecule has 1 amide bonds. The second-order valence-electron chi connectivity index (χ2n) is 5.61. The lowest BCUT2D eigenvalue weighted by molar-refractivity contribution is -0.137. The number of anilines is 1. The summed E-state index contributed by atoms with van der Waals surface area (Å²) in [5.74, 6) is 0.649. The second kappa shape index (κ2) is 8.18. The quantitative estimate of drug-likeness (QED) is 0.566. The van der Waals surface area contributed by atoms with Crippen LogP contribution in [0, 0.1) is 0 Å². The van der Waals surface area contributed by atoms with E-state index in [1.807, 2.05) is 11.4 Å². The van der Waals surface area contributed by atoms with Gasteiger partial charge >= 0.3 is 6.18 Å². The smallest absolute Gasteiger partial charge is 0.418 e. The number of hydrogen-bond donors (Lipinski definition) is 1. The number of carbonyl (C=O) groups is 1. The Morgan fingerprint density at radius 3 is 2.78 bits per heavy atom. The molecule has 1 atom stereocenters. The van der Waals surface area contributed by atoms with E-state index >= 15 is 0 Å². The van der Waals surface area contributed by atoms with Gasteiger partial charge in [-0.15, -0.1) is 23.1 Å². The third-order valence-electron chi connectivity index (χ3n) is 3.62. The summed E-state index contributed by atoms with van der Waals surface area (Å²) in [5.41, 5.74) is -0.318. The predicted molar refractivity (Wildman–Crippen MR) is 101 cm³/mol. The number of nitrogens with zero attached hydrogens (tertiary/aromatic N) is 1. The molecule has 2 heterocycles. The number of halogens is 3. The van der Waals surface area contributed by atoms with Crippen LogP contribution in [-0.4, -0.2) is 16.1 Å². The Labute approximate surface area is 161 Å². The zero-order chi connectivity index (χ0) is 19.4. The van der Waals surface area contributed by atoms with Crippen molar-refractivity contribution >= 4 is 34.7 Å². The van der Waals surface area contributed by atoms with Crippen LogP contribution in [0.2, 0.25) is 0 Å². The van der Waals surface area contributed by atoms with Crippen molar-refractivity contribution in [2.75, 3.05) is 5.32 Å². The van der Waals surface area contributed by atoms with Gasteiger partial charge in [0, 0.05) is 11.1 Å². The van der Waals surface area contributed by atoms with E-state index in [0.29, 0.717) is 11.5 Å². The molecule has 4 nitrogen and oxygen atoms in total. The predicted octanol–water partition coefficient (Wildman–Crippen LogP) is 5.68. The first-order valence-electron chi connectivity index (χ1n) is 7.91. The molecule has 0 unspecified atom stereocenters. The molecule has 0 bridgehead atoms. The highest BCUT2D eigenvalue weighted by Gasteiger charge is 2.33. The third-order valence-corrected chi connectivity index (χ3v) is 5.71. The summed E-state index contributed by atoms with van der Waals surface area (Å²) < 4.78 is 44.3. The van der Waals surface area contributed by atoms with E-state index in [1.165, 1.54) is 41.3 Å². The molecule has 9 heteroatoms. The third kappa shape index (κ3) is 4.92. The number of thioether (sulfide) groups is 1. The van der Waals surface area contributed by atoms with Gasteiger partial charge in [-0.05, 0) is 31.2 Å².